The minimum atomic E-state index is 0.0583. The molecular weight excluding hydrogens is 442 g/mol. The lowest BCUT2D eigenvalue weighted by atomic mass is 9.98. The van der Waals surface area contributed by atoms with Crippen LogP contribution in [0, 0.1) is 19.8 Å². The molecule has 0 N–H and O–H groups in total. The third kappa shape index (κ3) is 4.88. The lowest BCUT2D eigenvalue weighted by Crippen LogP contribution is -2.45. The van der Waals surface area contributed by atoms with Crippen LogP contribution in [0.25, 0.3) is 11.0 Å². The van der Waals surface area contributed by atoms with Crippen molar-refractivity contribution in [2.45, 2.75) is 46.1 Å². The summed E-state index contributed by atoms with van der Waals surface area (Å²) in [5, 5.41) is 0.976. The molecule has 8 heteroatoms. The van der Waals surface area contributed by atoms with Gasteiger partial charge in [-0.1, -0.05) is 30.3 Å². The molecule has 5 rings (SSSR count). The molecule has 3 aromatic rings. The van der Waals surface area contributed by atoms with Crippen molar-refractivity contribution in [2.24, 2.45) is 5.92 Å². The first-order valence-corrected chi connectivity index (χ1v) is 12.5. The first-order valence-electron chi connectivity index (χ1n) is 12.5. The largest absolute Gasteiger partial charge is 0.477 e. The SMILES string of the molecule is Cc1c(C)n(Cc2ccccc2)c2ncnc(OCC3CCN(C(=O)CN4CCCC4=O)CC3)c12. The number of aryl methyl sites for hydroxylation is 1. The fourth-order valence-electron chi connectivity index (χ4n) is 5.18. The molecule has 2 aromatic heterocycles. The van der Waals surface area contributed by atoms with Crippen LogP contribution in [0.15, 0.2) is 36.7 Å². The minimum absolute atomic E-state index is 0.0583. The molecule has 0 unspecified atom stereocenters. The number of benzene rings is 1. The number of ether oxygens (including phenoxy) is 1. The highest BCUT2D eigenvalue weighted by Crippen LogP contribution is 2.31. The highest BCUT2D eigenvalue weighted by molar-refractivity contribution is 5.87. The molecule has 8 nitrogen and oxygen atoms in total. The number of hydrogen-bond donors (Lipinski definition) is 0. The van der Waals surface area contributed by atoms with E-state index >= 15 is 0 Å². The Kier molecular flexibility index (Phi) is 6.70. The number of hydrogen-bond acceptors (Lipinski definition) is 5. The second-order valence-corrected chi connectivity index (χ2v) is 9.71. The van der Waals surface area contributed by atoms with E-state index in [1.165, 1.54) is 5.56 Å². The van der Waals surface area contributed by atoms with Gasteiger partial charge in [0.2, 0.25) is 17.7 Å². The zero-order chi connectivity index (χ0) is 24.4. The first kappa shape index (κ1) is 23.3. The van der Waals surface area contributed by atoms with Gasteiger partial charge in [-0.15, -0.1) is 0 Å². The van der Waals surface area contributed by atoms with Gasteiger partial charge in [0.1, 0.15) is 12.0 Å². The topological polar surface area (TPSA) is 80.6 Å². The highest BCUT2D eigenvalue weighted by atomic mass is 16.5. The number of piperidine rings is 1. The second-order valence-electron chi connectivity index (χ2n) is 9.71. The van der Waals surface area contributed by atoms with Crippen LogP contribution < -0.4 is 4.74 Å². The standard InChI is InChI=1S/C27H33N5O3/c1-19-20(2)32(15-21-7-4-3-5-8-21)26-25(19)27(29-18-28-26)35-17-22-10-13-30(14-11-22)24(34)16-31-12-6-9-23(31)33/h3-5,7-8,18,22H,6,9-17H2,1-2H3. The summed E-state index contributed by atoms with van der Waals surface area (Å²) in [6, 6.07) is 10.4. The minimum Gasteiger partial charge on any atom is -0.477 e. The van der Waals surface area contributed by atoms with Gasteiger partial charge in [0.05, 0.1) is 18.5 Å². The zero-order valence-electron chi connectivity index (χ0n) is 20.6. The Morgan fingerprint density at radius 2 is 1.86 bits per heavy atom. The number of nitrogens with zero attached hydrogens (tertiary/aromatic N) is 5. The average Bonchev–Trinajstić information content (AvgIpc) is 3.39. The van der Waals surface area contributed by atoms with Gasteiger partial charge in [-0.05, 0) is 50.2 Å². The number of likely N-dealkylation sites (tertiary alicyclic amines) is 2. The molecule has 2 amide bonds. The summed E-state index contributed by atoms with van der Waals surface area (Å²) in [5.74, 6) is 1.16. The van der Waals surface area contributed by atoms with Gasteiger partial charge in [0, 0.05) is 38.3 Å². The Hall–Kier alpha value is -3.42. The Morgan fingerprint density at radius 1 is 1.09 bits per heavy atom. The lowest BCUT2D eigenvalue weighted by Gasteiger charge is -2.32. The zero-order valence-corrected chi connectivity index (χ0v) is 20.6. The lowest BCUT2D eigenvalue weighted by molar-refractivity contribution is -0.139. The van der Waals surface area contributed by atoms with Gasteiger partial charge < -0.3 is 19.1 Å². The van der Waals surface area contributed by atoms with Gasteiger partial charge in [-0.3, -0.25) is 9.59 Å². The fourth-order valence-corrected chi connectivity index (χ4v) is 5.18. The van der Waals surface area contributed by atoms with E-state index in [0.29, 0.717) is 44.5 Å². The number of fused-ring (bicyclic) bond motifs is 1. The number of carbonyl (C=O) groups is 2. The highest BCUT2D eigenvalue weighted by Gasteiger charge is 2.28. The summed E-state index contributed by atoms with van der Waals surface area (Å²) >= 11 is 0. The molecule has 0 aliphatic carbocycles. The smallest absolute Gasteiger partial charge is 0.242 e. The van der Waals surface area contributed by atoms with E-state index in [-0.39, 0.29) is 18.4 Å². The number of amides is 2. The molecule has 35 heavy (non-hydrogen) atoms. The quantitative estimate of drug-likeness (QED) is 0.524. The molecule has 4 heterocycles. The van der Waals surface area contributed by atoms with Crippen LogP contribution in [0.5, 0.6) is 5.88 Å². The van der Waals surface area contributed by atoms with Crippen LogP contribution in [-0.2, 0) is 16.1 Å². The number of rotatable bonds is 7. The Bertz CT molecular complexity index is 1210. The van der Waals surface area contributed by atoms with Gasteiger partial charge in [-0.2, -0.15) is 0 Å². The number of carbonyl (C=O) groups excluding carboxylic acids is 2. The summed E-state index contributed by atoms with van der Waals surface area (Å²) in [5.41, 5.74) is 4.43. The summed E-state index contributed by atoms with van der Waals surface area (Å²) in [4.78, 5) is 37.1. The van der Waals surface area contributed by atoms with E-state index in [9.17, 15) is 9.59 Å². The van der Waals surface area contributed by atoms with Gasteiger partial charge in [0.15, 0.2) is 0 Å². The van der Waals surface area contributed by atoms with Crippen molar-refractivity contribution in [3.8, 4) is 5.88 Å². The Morgan fingerprint density at radius 3 is 2.57 bits per heavy atom. The van der Waals surface area contributed by atoms with E-state index in [4.69, 9.17) is 4.74 Å². The third-order valence-electron chi connectivity index (χ3n) is 7.47. The molecule has 2 saturated heterocycles. The van der Waals surface area contributed by atoms with Crippen LogP contribution in [0.3, 0.4) is 0 Å². The van der Waals surface area contributed by atoms with Crippen LogP contribution in [0.4, 0.5) is 0 Å². The van der Waals surface area contributed by atoms with Crippen molar-refractivity contribution >= 4 is 22.8 Å². The molecular formula is C27H33N5O3. The molecule has 184 valence electrons. The van der Waals surface area contributed by atoms with Crippen LogP contribution in [0.2, 0.25) is 0 Å². The van der Waals surface area contributed by atoms with Gasteiger partial charge in [0.25, 0.3) is 0 Å². The predicted molar refractivity (Wildman–Crippen MR) is 133 cm³/mol. The third-order valence-corrected chi connectivity index (χ3v) is 7.47. The number of aromatic nitrogens is 3. The van der Waals surface area contributed by atoms with Crippen LogP contribution in [0.1, 0.15) is 42.5 Å². The van der Waals surface area contributed by atoms with Crippen molar-refractivity contribution < 1.29 is 14.3 Å². The van der Waals surface area contributed by atoms with E-state index in [1.54, 1.807) is 11.2 Å². The van der Waals surface area contributed by atoms with Crippen LogP contribution >= 0.6 is 0 Å². The average molecular weight is 476 g/mol. The van der Waals surface area contributed by atoms with E-state index in [2.05, 4.69) is 52.6 Å². The fraction of sp³-hybridized carbons (Fsp3) is 0.481. The monoisotopic (exact) mass is 475 g/mol. The molecule has 1 aromatic carbocycles. The first-order chi connectivity index (χ1) is 17.0. The Balaban J connectivity index is 1.21. The molecule has 0 saturated carbocycles. The molecule has 2 fully saturated rings. The maximum absolute atomic E-state index is 12.6. The molecule has 0 atom stereocenters. The molecule has 0 radical (unpaired) electrons. The van der Waals surface area contributed by atoms with Crippen molar-refractivity contribution in [3.05, 3.63) is 53.5 Å². The second kappa shape index (κ2) is 10.1. The summed E-state index contributed by atoms with van der Waals surface area (Å²) in [6.07, 6.45) is 4.79. The summed E-state index contributed by atoms with van der Waals surface area (Å²) in [6.45, 7) is 7.88. The Labute approximate surface area is 205 Å². The summed E-state index contributed by atoms with van der Waals surface area (Å²) in [7, 11) is 0. The van der Waals surface area contributed by atoms with Crippen molar-refractivity contribution in [3.63, 3.8) is 0 Å². The van der Waals surface area contributed by atoms with E-state index in [0.717, 1.165) is 48.1 Å². The maximum Gasteiger partial charge on any atom is 0.242 e. The van der Waals surface area contributed by atoms with Gasteiger partial charge in [-0.25, -0.2) is 9.97 Å². The van der Waals surface area contributed by atoms with Gasteiger partial charge >= 0.3 is 0 Å². The molecule has 2 aliphatic heterocycles. The van der Waals surface area contributed by atoms with Crippen molar-refractivity contribution in [1.82, 2.24) is 24.3 Å². The van der Waals surface area contributed by atoms with Crippen molar-refractivity contribution in [2.75, 3.05) is 32.8 Å². The molecule has 0 bridgehead atoms. The predicted octanol–water partition coefficient (Wildman–Crippen LogP) is 3.34. The van der Waals surface area contributed by atoms with E-state index < -0.39 is 0 Å². The maximum atomic E-state index is 12.6. The molecule has 0 spiro atoms. The molecule has 2 aliphatic rings. The van der Waals surface area contributed by atoms with Crippen LogP contribution in [-0.4, -0.2) is 68.9 Å². The van der Waals surface area contributed by atoms with E-state index in [1.807, 2.05) is 11.0 Å². The van der Waals surface area contributed by atoms with Crippen molar-refractivity contribution in [1.29, 1.82) is 0 Å². The normalized spacial score (nSPS) is 16.9. The summed E-state index contributed by atoms with van der Waals surface area (Å²) < 4.78 is 8.48.